The van der Waals surface area contributed by atoms with Crippen molar-refractivity contribution in [2.45, 2.75) is 33.1 Å². The zero-order valence-corrected chi connectivity index (χ0v) is 9.41. The Morgan fingerprint density at radius 1 is 1.40 bits per heavy atom. The Kier molecular flexibility index (Phi) is 4.59. The van der Waals surface area contributed by atoms with Crippen LogP contribution in [0.1, 0.15) is 33.1 Å². The molecule has 86 valence electrons. The van der Waals surface area contributed by atoms with E-state index in [1.807, 2.05) is 0 Å². The van der Waals surface area contributed by atoms with E-state index < -0.39 is 11.9 Å². The molecule has 1 fully saturated rings. The normalized spacial score (nSPS) is 24.9. The van der Waals surface area contributed by atoms with Crippen molar-refractivity contribution in [3.8, 4) is 0 Å². The molecule has 2 atom stereocenters. The van der Waals surface area contributed by atoms with Crippen molar-refractivity contribution in [1.29, 1.82) is 0 Å². The van der Waals surface area contributed by atoms with Gasteiger partial charge in [-0.2, -0.15) is 0 Å². The minimum absolute atomic E-state index is 0.243. The van der Waals surface area contributed by atoms with Crippen molar-refractivity contribution in [2.75, 3.05) is 13.2 Å². The predicted octanol–water partition coefficient (Wildman–Crippen LogP) is 1.10. The number of hydrogen-bond acceptors (Lipinski definition) is 3. The van der Waals surface area contributed by atoms with E-state index in [9.17, 15) is 9.59 Å². The van der Waals surface area contributed by atoms with Crippen molar-refractivity contribution in [1.82, 2.24) is 5.32 Å². The van der Waals surface area contributed by atoms with Crippen LogP contribution >= 0.6 is 0 Å². The van der Waals surface area contributed by atoms with E-state index in [4.69, 9.17) is 0 Å². The molecule has 15 heavy (non-hydrogen) atoms. The van der Waals surface area contributed by atoms with Gasteiger partial charge in [0, 0.05) is 6.54 Å². The molecule has 0 radical (unpaired) electrons. The van der Waals surface area contributed by atoms with Crippen molar-refractivity contribution >= 4 is 11.9 Å². The van der Waals surface area contributed by atoms with E-state index in [0.29, 0.717) is 12.5 Å². The quantitative estimate of drug-likeness (QED) is 0.564. The van der Waals surface area contributed by atoms with Gasteiger partial charge in [-0.1, -0.05) is 13.3 Å². The summed E-state index contributed by atoms with van der Waals surface area (Å²) < 4.78 is 4.59. The minimum Gasteiger partial charge on any atom is -0.459 e. The molecule has 1 N–H and O–H groups in total. The van der Waals surface area contributed by atoms with Gasteiger partial charge < -0.3 is 10.1 Å². The van der Waals surface area contributed by atoms with E-state index in [1.165, 1.54) is 6.42 Å². The van der Waals surface area contributed by atoms with E-state index in [1.54, 1.807) is 6.92 Å². The third-order valence-electron chi connectivity index (χ3n) is 2.82. The zero-order valence-electron chi connectivity index (χ0n) is 9.41. The van der Waals surface area contributed by atoms with Crippen LogP contribution in [0.25, 0.3) is 0 Å². The summed E-state index contributed by atoms with van der Waals surface area (Å²) in [5.74, 6) is -0.118. The number of esters is 1. The molecule has 0 aromatic carbocycles. The van der Waals surface area contributed by atoms with Crippen LogP contribution < -0.4 is 5.32 Å². The molecule has 1 saturated carbocycles. The van der Waals surface area contributed by atoms with Crippen molar-refractivity contribution in [3.05, 3.63) is 0 Å². The molecule has 1 aliphatic rings. The topological polar surface area (TPSA) is 55.4 Å². The number of ether oxygens (including phenoxy) is 1. The van der Waals surface area contributed by atoms with Crippen molar-refractivity contribution in [3.63, 3.8) is 0 Å². The van der Waals surface area contributed by atoms with Gasteiger partial charge in [-0.05, 0) is 31.6 Å². The Labute approximate surface area is 90.4 Å². The molecule has 0 saturated heterocycles. The lowest BCUT2D eigenvalue weighted by Gasteiger charge is -2.10. The predicted molar refractivity (Wildman–Crippen MR) is 56.1 cm³/mol. The van der Waals surface area contributed by atoms with E-state index in [2.05, 4.69) is 17.0 Å². The van der Waals surface area contributed by atoms with Gasteiger partial charge in [-0.3, -0.25) is 4.79 Å². The number of carbonyl (C=O) groups excluding carboxylic acids is 2. The van der Waals surface area contributed by atoms with Gasteiger partial charge in [-0.25, -0.2) is 4.79 Å². The highest BCUT2D eigenvalue weighted by Crippen LogP contribution is 2.29. The summed E-state index contributed by atoms with van der Waals surface area (Å²) in [6.07, 6.45) is 3.51. The minimum atomic E-state index is -0.774. The summed E-state index contributed by atoms with van der Waals surface area (Å²) in [7, 11) is 0. The van der Waals surface area contributed by atoms with Crippen molar-refractivity contribution < 1.29 is 14.3 Å². The van der Waals surface area contributed by atoms with Crippen molar-refractivity contribution in [2.24, 2.45) is 11.8 Å². The maximum atomic E-state index is 11.2. The highest BCUT2D eigenvalue weighted by Gasteiger charge is 2.23. The molecule has 4 heteroatoms. The lowest BCUT2D eigenvalue weighted by molar-refractivity contribution is -0.154. The van der Waals surface area contributed by atoms with Gasteiger partial charge in [0.25, 0.3) is 0 Å². The maximum Gasteiger partial charge on any atom is 0.396 e. The molecule has 2 unspecified atom stereocenters. The van der Waals surface area contributed by atoms with Crippen LogP contribution in [0.15, 0.2) is 0 Å². The molecular weight excluding hydrogens is 194 g/mol. The largest absolute Gasteiger partial charge is 0.459 e. The first kappa shape index (κ1) is 12.0. The molecule has 0 aliphatic heterocycles. The Morgan fingerprint density at radius 2 is 2.13 bits per heavy atom. The van der Waals surface area contributed by atoms with Crippen LogP contribution in [0.4, 0.5) is 0 Å². The molecule has 0 heterocycles. The molecule has 1 aliphatic carbocycles. The molecule has 0 aromatic heterocycles. The Bertz CT molecular complexity index is 240. The van der Waals surface area contributed by atoms with Gasteiger partial charge in [0.05, 0.1) is 6.61 Å². The first-order valence-corrected chi connectivity index (χ1v) is 5.58. The third kappa shape index (κ3) is 3.90. The van der Waals surface area contributed by atoms with Crippen LogP contribution in [0.2, 0.25) is 0 Å². The van der Waals surface area contributed by atoms with Crippen LogP contribution in [-0.2, 0) is 14.3 Å². The fourth-order valence-corrected chi connectivity index (χ4v) is 2.02. The van der Waals surface area contributed by atoms with E-state index >= 15 is 0 Å². The van der Waals surface area contributed by atoms with Crippen LogP contribution in [-0.4, -0.2) is 25.0 Å². The fraction of sp³-hybridized carbons (Fsp3) is 0.818. The van der Waals surface area contributed by atoms with E-state index in [0.717, 1.165) is 18.8 Å². The lowest BCUT2D eigenvalue weighted by Crippen LogP contribution is -2.35. The second kappa shape index (κ2) is 5.73. The molecular formula is C11H19NO3. The smallest absolute Gasteiger partial charge is 0.396 e. The number of hydrogen-bond donors (Lipinski definition) is 1. The Morgan fingerprint density at radius 3 is 2.67 bits per heavy atom. The number of carbonyl (C=O) groups is 2. The van der Waals surface area contributed by atoms with Gasteiger partial charge in [-0.15, -0.1) is 0 Å². The summed E-state index contributed by atoms with van der Waals surface area (Å²) in [5, 5.41) is 2.62. The Hall–Kier alpha value is -1.06. The second-order valence-electron chi connectivity index (χ2n) is 4.21. The van der Waals surface area contributed by atoms with Crippen LogP contribution in [0, 0.1) is 11.8 Å². The first-order chi connectivity index (χ1) is 7.13. The number of nitrogens with one attached hydrogen (secondary N) is 1. The van der Waals surface area contributed by atoms with Gasteiger partial charge in [0.2, 0.25) is 0 Å². The second-order valence-corrected chi connectivity index (χ2v) is 4.21. The molecule has 0 aromatic rings. The molecule has 1 rings (SSSR count). The highest BCUT2D eigenvalue weighted by molar-refractivity contribution is 6.32. The first-order valence-electron chi connectivity index (χ1n) is 5.58. The average molecular weight is 213 g/mol. The number of amides is 1. The summed E-state index contributed by atoms with van der Waals surface area (Å²) in [4.78, 5) is 22.2. The van der Waals surface area contributed by atoms with Crippen LogP contribution in [0.3, 0.4) is 0 Å². The molecule has 0 spiro atoms. The maximum absolute atomic E-state index is 11.2. The monoisotopic (exact) mass is 213 g/mol. The van der Waals surface area contributed by atoms with E-state index in [-0.39, 0.29) is 6.61 Å². The highest BCUT2D eigenvalue weighted by atomic mass is 16.5. The molecule has 0 bridgehead atoms. The van der Waals surface area contributed by atoms with Gasteiger partial charge in [0.15, 0.2) is 0 Å². The Balaban J connectivity index is 2.19. The summed E-state index contributed by atoms with van der Waals surface area (Å²) in [5.41, 5.74) is 0. The number of rotatable bonds is 3. The van der Waals surface area contributed by atoms with Crippen LogP contribution in [0.5, 0.6) is 0 Å². The average Bonchev–Trinajstić information content (AvgIpc) is 2.61. The fourth-order valence-electron chi connectivity index (χ4n) is 2.02. The van der Waals surface area contributed by atoms with Gasteiger partial charge >= 0.3 is 11.9 Å². The van der Waals surface area contributed by atoms with Gasteiger partial charge in [0.1, 0.15) is 0 Å². The summed E-state index contributed by atoms with van der Waals surface area (Å²) in [6.45, 7) is 4.74. The zero-order chi connectivity index (χ0) is 11.3. The third-order valence-corrected chi connectivity index (χ3v) is 2.82. The standard InChI is InChI=1S/C11H19NO3/c1-3-15-11(14)10(13)12-7-9-5-4-8(2)6-9/h8-9H,3-7H2,1-2H3,(H,12,13). The lowest BCUT2D eigenvalue weighted by atomic mass is 10.1. The molecule has 4 nitrogen and oxygen atoms in total. The summed E-state index contributed by atoms with van der Waals surface area (Å²) >= 11 is 0. The SMILES string of the molecule is CCOC(=O)C(=O)NCC1CCC(C)C1. The summed E-state index contributed by atoms with van der Waals surface area (Å²) in [6, 6.07) is 0. The molecule has 1 amide bonds.